The molecule has 1 atom stereocenters. The first-order valence-electron chi connectivity index (χ1n) is 10.6. The monoisotopic (exact) mass is 434 g/mol. The lowest BCUT2D eigenvalue weighted by Crippen LogP contribution is -2.38. The van der Waals surface area contributed by atoms with Gasteiger partial charge in [-0.25, -0.2) is 18.2 Å². The molecule has 0 saturated carbocycles. The summed E-state index contributed by atoms with van der Waals surface area (Å²) in [5.41, 5.74) is 1.85. The molecule has 1 fully saturated rings. The van der Waals surface area contributed by atoms with Gasteiger partial charge >= 0.3 is 0 Å². The fourth-order valence-electron chi connectivity index (χ4n) is 3.57. The maximum Gasteiger partial charge on any atom is 0.192 e. The van der Waals surface area contributed by atoms with Gasteiger partial charge in [0.1, 0.15) is 5.82 Å². The standard InChI is InChI=1S/C23H29F3N4O/c1-3-27-23(29-15(2)17-5-6-19(24)20(25)13-17)28-14-16-4-7-22(21(26)12-16)30-10-8-18(31)9-11-30/h4-7,12-13,15,18,31H,3,8-11,14H2,1-2H3,(H2,27,28,29). The molecule has 1 heterocycles. The molecule has 5 nitrogen and oxygen atoms in total. The molecular formula is C23H29F3N4O. The molecule has 3 rings (SSSR count). The van der Waals surface area contributed by atoms with Gasteiger partial charge in [-0.2, -0.15) is 0 Å². The average Bonchev–Trinajstić information content (AvgIpc) is 2.75. The third kappa shape index (κ3) is 6.13. The van der Waals surface area contributed by atoms with E-state index in [4.69, 9.17) is 0 Å². The Morgan fingerprint density at radius 2 is 1.84 bits per heavy atom. The van der Waals surface area contributed by atoms with Crippen LogP contribution in [0.3, 0.4) is 0 Å². The smallest absolute Gasteiger partial charge is 0.192 e. The van der Waals surface area contributed by atoms with Gasteiger partial charge in [0.25, 0.3) is 0 Å². The number of rotatable bonds is 6. The van der Waals surface area contributed by atoms with Crippen molar-refractivity contribution < 1.29 is 18.3 Å². The Labute approximate surface area is 181 Å². The quantitative estimate of drug-likeness (QED) is 0.477. The Balaban J connectivity index is 1.66. The summed E-state index contributed by atoms with van der Waals surface area (Å²) < 4.78 is 41.3. The van der Waals surface area contributed by atoms with Crippen LogP contribution >= 0.6 is 0 Å². The SMILES string of the molecule is CCNC(=NCc1ccc(N2CCC(O)CC2)c(F)c1)NC(C)c1ccc(F)c(F)c1. The number of anilines is 1. The molecule has 1 aliphatic heterocycles. The summed E-state index contributed by atoms with van der Waals surface area (Å²) in [4.78, 5) is 6.44. The van der Waals surface area contributed by atoms with E-state index in [0.29, 0.717) is 49.7 Å². The number of nitrogens with one attached hydrogen (secondary N) is 2. The zero-order valence-electron chi connectivity index (χ0n) is 17.8. The van der Waals surface area contributed by atoms with Crippen LogP contribution in [-0.4, -0.2) is 36.8 Å². The van der Waals surface area contributed by atoms with Crippen LogP contribution in [0.4, 0.5) is 18.9 Å². The summed E-state index contributed by atoms with van der Waals surface area (Å²) in [5.74, 6) is -1.60. The molecule has 0 radical (unpaired) electrons. The number of benzene rings is 2. The highest BCUT2D eigenvalue weighted by Crippen LogP contribution is 2.24. The maximum atomic E-state index is 14.7. The molecule has 1 saturated heterocycles. The number of aliphatic imine (C=N–C) groups is 1. The minimum absolute atomic E-state index is 0.260. The molecule has 2 aromatic carbocycles. The number of halogens is 3. The average molecular weight is 435 g/mol. The summed E-state index contributed by atoms with van der Waals surface area (Å²) >= 11 is 0. The molecule has 0 amide bonds. The van der Waals surface area contributed by atoms with E-state index in [1.165, 1.54) is 12.1 Å². The van der Waals surface area contributed by atoms with Gasteiger partial charge in [0.05, 0.1) is 24.4 Å². The van der Waals surface area contributed by atoms with Gasteiger partial charge in [0, 0.05) is 19.6 Å². The largest absolute Gasteiger partial charge is 0.393 e. The zero-order chi connectivity index (χ0) is 22.4. The number of piperidine rings is 1. The lowest BCUT2D eigenvalue weighted by atomic mass is 10.1. The first-order chi connectivity index (χ1) is 14.9. The van der Waals surface area contributed by atoms with E-state index in [9.17, 15) is 18.3 Å². The number of aliphatic hydroxyl groups excluding tert-OH is 1. The van der Waals surface area contributed by atoms with E-state index >= 15 is 0 Å². The Morgan fingerprint density at radius 1 is 1.10 bits per heavy atom. The normalized spacial score (nSPS) is 16.3. The summed E-state index contributed by atoms with van der Waals surface area (Å²) in [6.07, 6.45) is 0.970. The van der Waals surface area contributed by atoms with Crippen molar-refractivity contribution in [2.24, 2.45) is 4.99 Å². The van der Waals surface area contributed by atoms with Crippen molar-refractivity contribution in [3.05, 3.63) is 65.0 Å². The van der Waals surface area contributed by atoms with Gasteiger partial charge in [0.2, 0.25) is 0 Å². The number of hydrogen-bond acceptors (Lipinski definition) is 3. The summed E-state index contributed by atoms with van der Waals surface area (Å²) in [7, 11) is 0. The molecule has 0 bridgehead atoms. The maximum absolute atomic E-state index is 14.7. The molecule has 0 aliphatic carbocycles. The molecule has 1 aliphatic rings. The summed E-state index contributed by atoms with van der Waals surface area (Å²) in [5, 5.41) is 15.9. The minimum atomic E-state index is -0.896. The van der Waals surface area contributed by atoms with Crippen molar-refractivity contribution in [3.8, 4) is 0 Å². The molecule has 168 valence electrons. The Hall–Kier alpha value is -2.74. The van der Waals surface area contributed by atoms with Crippen LogP contribution in [-0.2, 0) is 6.54 Å². The number of hydrogen-bond donors (Lipinski definition) is 3. The zero-order valence-corrected chi connectivity index (χ0v) is 17.8. The van der Waals surface area contributed by atoms with Crippen LogP contribution < -0.4 is 15.5 Å². The van der Waals surface area contributed by atoms with Gasteiger partial charge in [-0.1, -0.05) is 12.1 Å². The number of guanidine groups is 1. The Morgan fingerprint density at radius 3 is 2.48 bits per heavy atom. The fourth-order valence-corrected chi connectivity index (χ4v) is 3.57. The van der Waals surface area contributed by atoms with E-state index in [2.05, 4.69) is 15.6 Å². The van der Waals surface area contributed by atoms with Gasteiger partial charge in [-0.05, 0) is 62.1 Å². The van der Waals surface area contributed by atoms with Gasteiger partial charge in [-0.3, -0.25) is 0 Å². The fraction of sp³-hybridized carbons (Fsp3) is 0.435. The predicted molar refractivity (Wildman–Crippen MR) is 117 cm³/mol. The summed E-state index contributed by atoms with van der Waals surface area (Å²) in [6.45, 7) is 5.88. The minimum Gasteiger partial charge on any atom is -0.393 e. The second-order valence-corrected chi connectivity index (χ2v) is 7.74. The third-order valence-electron chi connectivity index (χ3n) is 5.38. The van der Waals surface area contributed by atoms with Crippen LogP contribution in [0.15, 0.2) is 41.4 Å². The van der Waals surface area contributed by atoms with E-state index in [1.54, 1.807) is 6.07 Å². The first-order valence-corrected chi connectivity index (χ1v) is 10.6. The van der Waals surface area contributed by atoms with E-state index in [-0.39, 0.29) is 24.5 Å². The van der Waals surface area contributed by atoms with Crippen LogP contribution in [0.1, 0.15) is 43.9 Å². The van der Waals surface area contributed by atoms with E-state index < -0.39 is 11.6 Å². The van der Waals surface area contributed by atoms with Crippen molar-refractivity contribution in [1.29, 1.82) is 0 Å². The second kappa shape index (κ2) is 10.5. The van der Waals surface area contributed by atoms with Crippen LogP contribution in [0.5, 0.6) is 0 Å². The molecule has 31 heavy (non-hydrogen) atoms. The van der Waals surface area contributed by atoms with E-state index in [1.807, 2.05) is 24.8 Å². The van der Waals surface area contributed by atoms with Crippen molar-refractivity contribution in [2.75, 3.05) is 24.5 Å². The molecule has 2 aromatic rings. The van der Waals surface area contributed by atoms with Crippen LogP contribution in [0.25, 0.3) is 0 Å². The molecule has 3 N–H and O–H groups in total. The lowest BCUT2D eigenvalue weighted by Gasteiger charge is -2.31. The van der Waals surface area contributed by atoms with Crippen molar-refractivity contribution in [2.45, 2.75) is 45.4 Å². The lowest BCUT2D eigenvalue weighted by molar-refractivity contribution is 0.145. The Kier molecular flexibility index (Phi) is 7.79. The molecule has 8 heteroatoms. The third-order valence-corrected chi connectivity index (χ3v) is 5.38. The number of nitrogens with zero attached hydrogens (tertiary/aromatic N) is 2. The highest BCUT2D eigenvalue weighted by Gasteiger charge is 2.19. The van der Waals surface area contributed by atoms with Crippen molar-refractivity contribution >= 4 is 11.6 Å². The Bertz CT molecular complexity index is 914. The summed E-state index contributed by atoms with van der Waals surface area (Å²) in [6, 6.07) is 8.54. The topological polar surface area (TPSA) is 59.9 Å². The second-order valence-electron chi connectivity index (χ2n) is 7.74. The van der Waals surface area contributed by atoms with Crippen LogP contribution in [0.2, 0.25) is 0 Å². The first kappa shape index (κ1) is 22.9. The van der Waals surface area contributed by atoms with Crippen molar-refractivity contribution in [3.63, 3.8) is 0 Å². The molecule has 0 spiro atoms. The number of aliphatic hydroxyl groups is 1. The van der Waals surface area contributed by atoms with Gasteiger partial charge < -0.3 is 20.6 Å². The van der Waals surface area contributed by atoms with Crippen LogP contribution in [0, 0.1) is 17.5 Å². The van der Waals surface area contributed by atoms with Crippen molar-refractivity contribution in [1.82, 2.24) is 10.6 Å². The predicted octanol–water partition coefficient (Wildman–Crippen LogP) is 3.88. The van der Waals surface area contributed by atoms with Gasteiger partial charge in [-0.15, -0.1) is 0 Å². The molecule has 0 aromatic heterocycles. The highest BCUT2D eigenvalue weighted by molar-refractivity contribution is 5.80. The van der Waals surface area contributed by atoms with Gasteiger partial charge in [0.15, 0.2) is 17.6 Å². The molecular weight excluding hydrogens is 405 g/mol. The van der Waals surface area contributed by atoms with E-state index in [0.717, 1.165) is 17.7 Å². The molecule has 1 unspecified atom stereocenters. The highest BCUT2D eigenvalue weighted by atomic mass is 19.2.